The smallest absolute Gasteiger partial charge is 0.165 e. The van der Waals surface area contributed by atoms with E-state index in [0.717, 1.165) is 48.3 Å². The van der Waals surface area contributed by atoms with E-state index in [1.807, 2.05) is 30.3 Å². The van der Waals surface area contributed by atoms with Gasteiger partial charge in [0.2, 0.25) is 0 Å². The summed E-state index contributed by atoms with van der Waals surface area (Å²) in [5.41, 5.74) is 2.44. The molecular formula is C33H49FO2. The molecule has 0 radical (unpaired) electrons. The Morgan fingerprint density at radius 2 is 1.39 bits per heavy atom. The molecule has 0 heterocycles. The Bertz CT molecular complexity index is 858. The fraction of sp³-hybridized carbons (Fsp3) is 0.606. The van der Waals surface area contributed by atoms with Crippen LogP contribution in [0.1, 0.15) is 127 Å². The summed E-state index contributed by atoms with van der Waals surface area (Å²) in [5.74, 6) is 0.906. The predicted octanol–water partition coefficient (Wildman–Crippen LogP) is 10.6. The lowest BCUT2D eigenvalue weighted by Crippen LogP contribution is -2.00. The SMILES string of the molecule is CCCCCCCCCCCCOc1ccc(-c2ccc(C(=O)CCCCC(C)CC)cc2)cc1F. The van der Waals surface area contributed by atoms with Gasteiger partial charge in [-0.2, -0.15) is 0 Å². The maximum atomic E-state index is 14.6. The van der Waals surface area contributed by atoms with Gasteiger partial charge < -0.3 is 4.74 Å². The number of ketones is 1. The molecule has 2 nitrogen and oxygen atoms in total. The van der Waals surface area contributed by atoms with Crippen molar-refractivity contribution >= 4 is 5.78 Å². The van der Waals surface area contributed by atoms with E-state index in [0.29, 0.717) is 18.8 Å². The number of unbranched alkanes of at least 4 members (excludes halogenated alkanes) is 10. The highest BCUT2D eigenvalue weighted by Gasteiger charge is 2.09. The normalized spacial score (nSPS) is 12.0. The van der Waals surface area contributed by atoms with Crippen molar-refractivity contribution in [3.63, 3.8) is 0 Å². The third-order valence-corrected chi connectivity index (χ3v) is 7.28. The van der Waals surface area contributed by atoms with Gasteiger partial charge in [-0.15, -0.1) is 0 Å². The molecule has 36 heavy (non-hydrogen) atoms. The fourth-order valence-corrected chi connectivity index (χ4v) is 4.54. The van der Waals surface area contributed by atoms with Gasteiger partial charge in [-0.3, -0.25) is 4.79 Å². The topological polar surface area (TPSA) is 26.3 Å². The average Bonchev–Trinajstić information content (AvgIpc) is 2.90. The number of benzene rings is 2. The highest BCUT2D eigenvalue weighted by molar-refractivity contribution is 5.96. The van der Waals surface area contributed by atoms with Gasteiger partial charge in [0.1, 0.15) is 0 Å². The van der Waals surface area contributed by atoms with Crippen LogP contribution in [0.4, 0.5) is 4.39 Å². The second-order valence-electron chi connectivity index (χ2n) is 10.4. The Balaban J connectivity index is 1.69. The summed E-state index contributed by atoms with van der Waals surface area (Å²) in [6.45, 7) is 7.29. The molecule has 0 aromatic heterocycles. The zero-order valence-corrected chi connectivity index (χ0v) is 23.1. The molecule has 0 amide bonds. The van der Waals surface area contributed by atoms with Crippen LogP contribution >= 0.6 is 0 Å². The Kier molecular flexibility index (Phi) is 15.2. The molecule has 0 spiro atoms. The van der Waals surface area contributed by atoms with E-state index < -0.39 is 0 Å². The highest BCUT2D eigenvalue weighted by Crippen LogP contribution is 2.27. The van der Waals surface area contributed by atoms with Crippen molar-refractivity contribution in [2.75, 3.05) is 6.61 Å². The molecule has 200 valence electrons. The number of halogens is 1. The summed E-state index contributed by atoms with van der Waals surface area (Å²) in [6.07, 6.45) is 17.7. The lowest BCUT2D eigenvalue weighted by molar-refractivity contribution is 0.0978. The number of Topliss-reactive ketones (excluding diaryl/α,β-unsaturated/α-hetero) is 1. The van der Waals surface area contributed by atoms with E-state index in [4.69, 9.17) is 4.74 Å². The van der Waals surface area contributed by atoms with E-state index in [2.05, 4.69) is 20.8 Å². The number of hydrogen-bond acceptors (Lipinski definition) is 2. The molecular weight excluding hydrogens is 447 g/mol. The number of carbonyl (C=O) groups excluding carboxylic acids is 1. The molecule has 1 unspecified atom stereocenters. The van der Waals surface area contributed by atoms with Crippen molar-refractivity contribution in [1.29, 1.82) is 0 Å². The highest BCUT2D eigenvalue weighted by atomic mass is 19.1. The van der Waals surface area contributed by atoms with Crippen LogP contribution in [0, 0.1) is 11.7 Å². The van der Waals surface area contributed by atoms with Crippen molar-refractivity contribution < 1.29 is 13.9 Å². The van der Waals surface area contributed by atoms with Crippen LogP contribution in [0.15, 0.2) is 42.5 Å². The molecule has 0 N–H and O–H groups in total. The van der Waals surface area contributed by atoms with Crippen molar-refractivity contribution in [1.82, 2.24) is 0 Å². The molecule has 0 bridgehead atoms. The maximum Gasteiger partial charge on any atom is 0.165 e. The van der Waals surface area contributed by atoms with E-state index in [9.17, 15) is 9.18 Å². The van der Waals surface area contributed by atoms with E-state index in [1.54, 1.807) is 6.07 Å². The van der Waals surface area contributed by atoms with Crippen LogP contribution in [0.25, 0.3) is 11.1 Å². The van der Waals surface area contributed by atoms with Gasteiger partial charge in [0.25, 0.3) is 0 Å². The van der Waals surface area contributed by atoms with Gasteiger partial charge in [0.15, 0.2) is 17.3 Å². The predicted molar refractivity (Wildman–Crippen MR) is 151 cm³/mol. The van der Waals surface area contributed by atoms with Crippen molar-refractivity contribution in [2.45, 2.75) is 117 Å². The van der Waals surface area contributed by atoms with Gasteiger partial charge in [0.05, 0.1) is 6.61 Å². The van der Waals surface area contributed by atoms with Crippen LogP contribution in [0.3, 0.4) is 0 Å². The molecule has 2 aromatic rings. The number of hydrogen-bond donors (Lipinski definition) is 0. The summed E-state index contributed by atoms with van der Waals surface area (Å²) in [7, 11) is 0. The van der Waals surface area contributed by atoms with E-state index in [1.165, 1.54) is 70.3 Å². The first-order valence-corrected chi connectivity index (χ1v) is 14.6. The second kappa shape index (κ2) is 18.1. The molecule has 3 heteroatoms. The zero-order valence-electron chi connectivity index (χ0n) is 23.1. The average molecular weight is 497 g/mol. The van der Waals surface area contributed by atoms with E-state index >= 15 is 0 Å². The first kappa shape index (κ1) is 30.1. The minimum absolute atomic E-state index is 0.188. The van der Waals surface area contributed by atoms with E-state index in [-0.39, 0.29) is 11.6 Å². The lowest BCUT2D eigenvalue weighted by Gasteiger charge is -2.10. The van der Waals surface area contributed by atoms with Crippen molar-refractivity contribution in [2.24, 2.45) is 5.92 Å². The second-order valence-corrected chi connectivity index (χ2v) is 10.4. The monoisotopic (exact) mass is 496 g/mol. The van der Waals surface area contributed by atoms with Gasteiger partial charge in [0, 0.05) is 12.0 Å². The third-order valence-electron chi connectivity index (χ3n) is 7.28. The third kappa shape index (κ3) is 11.7. The molecule has 0 fully saturated rings. The summed E-state index contributed by atoms with van der Waals surface area (Å²) in [6, 6.07) is 12.7. The minimum atomic E-state index is -0.332. The summed E-state index contributed by atoms with van der Waals surface area (Å²) >= 11 is 0. The van der Waals surface area contributed by atoms with Crippen LogP contribution in [0.2, 0.25) is 0 Å². The van der Waals surface area contributed by atoms with Crippen LogP contribution in [-0.2, 0) is 0 Å². The molecule has 0 aliphatic rings. The molecule has 2 rings (SSSR count). The van der Waals surface area contributed by atoms with Crippen molar-refractivity contribution in [3.8, 4) is 16.9 Å². The first-order chi connectivity index (χ1) is 17.5. The van der Waals surface area contributed by atoms with Gasteiger partial charge in [-0.25, -0.2) is 4.39 Å². The summed E-state index contributed by atoms with van der Waals surface area (Å²) in [4.78, 5) is 12.5. The maximum absolute atomic E-state index is 14.6. The Morgan fingerprint density at radius 3 is 2.00 bits per heavy atom. The molecule has 0 aliphatic carbocycles. The molecule has 0 saturated carbocycles. The number of carbonyl (C=O) groups is 1. The molecule has 0 saturated heterocycles. The standard InChI is InChI=1S/C33H49FO2/c1-4-6-7-8-9-10-11-12-13-16-25-36-33-24-23-30(26-31(33)34)28-19-21-29(22-20-28)32(35)18-15-14-17-27(3)5-2/h19-24,26-27H,4-18,25H2,1-3H3. The van der Waals surface area contributed by atoms with Gasteiger partial charge >= 0.3 is 0 Å². The van der Waals surface area contributed by atoms with Crippen LogP contribution < -0.4 is 4.74 Å². The van der Waals surface area contributed by atoms with Crippen molar-refractivity contribution in [3.05, 3.63) is 53.8 Å². The Hall–Kier alpha value is -2.16. The lowest BCUT2D eigenvalue weighted by atomic mass is 9.97. The quantitative estimate of drug-likeness (QED) is 0.135. The first-order valence-electron chi connectivity index (χ1n) is 14.6. The minimum Gasteiger partial charge on any atom is -0.491 e. The largest absolute Gasteiger partial charge is 0.491 e. The zero-order chi connectivity index (χ0) is 26.0. The Morgan fingerprint density at radius 1 is 0.778 bits per heavy atom. The molecule has 0 aliphatic heterocycles. The summed E-state index contributed by atoms with van der Waals surface area (Å²) < 4.78 is 20.3. The van der Waals surface area contributed by atoms with Crippen LogP contribution in [-0.4, -0.2) is 12.4 Å². The van der Waals surface area contributed by atoms with Gasteiger partial charge in [-0.05, 0) is 42.0 Å². The van der Waals surface area contributed by atoms with Crippen LogP contribution in [0.5, 0.6) is 5.75 Å². The van der Waals surface area contributed by atoms with Gasteiger partial charge in [-0.1, -0.05) is 128 Å². The Labute approximate surface area is 220 Å². The number of ether oxygens (including phenoxy) is 1. The fourth-order valence-electron chi connectivity index (χ4n) is 4.54. The molecule has 2 aromatic carbocycles. The summed E-state index contributed by atoms with van der Waals surface area (Å²) in [5, 5.41) is 0. The molecule has 1 atom stereocenters. The number of rotatable bonds is 20.